The Morgan fingerprint density at radius 3 is 1.64 bits per heavy atom. The Balaban J connectivity index is 1.99. The SMILES string of the molecule is COc1ccc(N(Cc2cc(OC)ccc2OC)C(=O)Cc2cc(OC)ccc2OC)cc1. The van der Waals surface area contributed by atoms with Gasteiger partial charge >= 0.3 is 0 Å². The average Bonchev–Trinajstić information content (AvgIpc) is 2.87. The van der Waals surface area contributed by atoms with Crippen molar-refractivity contribution in [2.24, 2.45) is 0 Å². The molecule has 0 fully saturated rings. The monoisotopic (exact) mass is 451 g/mol. The molecule has 3 aromatic rings. The zero-order chi connectivity index (χ0) is 23.8. The summed E-state index contributed by atoms with van der Waals surface area (Å²) in [6.45, 7) is 0.290. The number of methoxy groups -OCH3 is 5. The second kappa shape index (κ2) is 11.1. The molecule has 0 saturated carbocycles. The molecule has 0 radical (unpaired) electrons. The third-order valence-corrected chi connectivity index (χ3v) is 5.33. The Morgan fingerprint density at radius 2 is 1.12 bits per heavy atom. The van der Waals surface area contributed by atoms with E-state index in [1.54, 1.807) is 52.6 Å². The topological polar surface area (TPSA) is 66.5 Å². The lowest BCUT2D eigenvalue weighted by atomic mass is 10.1. The minimum absolute atomic E-state index is 0.114. The van der Waals surface area contributed by atoms with Crippen LogP contribution in [0.1, 0.15) is 11.1 Å². The summed E-state index contributed by atoms with van der Waals surface area (Å²) in [5.74, 6) is 3.22. The van der Waals surface area contributed by atoms with Crippen LogP contribution in [0.4, 0.5) is 5.69 Å². The van der Waals surface area contributed by atoms with Crippen LogP contribution in [-0.4, -0.2) is 41.5 Å². The van der Waals surface area contributed by atoms with E-state index in [9.17, 15) is 4.79 Å². The van der Waals surface area contributed by atoms with Gasteiger partial charge in [0.1, 0.15) is 28.7 Å². The van der Waals surface area contributed by atoms with E-state index >= 15 is 0 Å². The Kier molecular flexibility index (Phi) is 8.02. The van der Waals surface area contributed by atoms with E-state index < -0.39 is 0 Å². The lowest BCUT2D eigenvalue weighted by molar-refractivity contribution is -0.118. The van der Waals surface area contributed by atoms with Crippen molar-refractivity contribution >= 4 is 11.6 Å². The predicted octanol–water partition coefficient (Wildman–Crippen LogP) is 4.51. The third-order valence-electron chi connectivity index (χ3n) is 5.33. The van der Waals surface area contributed by atoms with Gasteiger partial charge in [-0.1, -0.05) is 0 Å². The molecule has 0 saturated heterocycles. The van der Waals surface area contributed by atoms with Crippen LogP contribution in [0.3, 0.4) is 0 Å². The number of carbonyl (C=O) groups is 1. The largest absolute Gasteiger partial charge is 0.497 e. The van der Waals surface area contributed by atoms with Crippen LogP contribution in [0.15, 0.2) is 60.7 Å². The van der Waals surface area contributed by atoms with Gasteiger partial charge in [0.25, 0.3) is 0 Å². The van der Waals surface area contributed by atoms with Crippen LogP contribution in [0.2, 0.25) is 0 Å². The Labute approximate surface area is 194 Å². The molecule has 3 aromatic carbocycles. The number of anilines is 1. The molecule has 0 aliphatic heterocycles. The summed E-state index contributed by atoms with van der Waals surface area (Å²) in [7, 11) is 7.98. The van der Waals surface area contributed by atoms with Crippen molar-refractivity contribution in [1.29, 1.82) is 0 Å². The highest BCUT2D eigenvalue weighted by molar-refractivity contribution is 5.95. The quantitative estimate of drug-likeness (QED) is 0.452. The molecule has 0 bridgehead atoms. The minimum Gasteiger partial charge on any atom is -0.497 e. The number of carbonyl (C=O) groups excluding carboxylic acids is 1. The molecule has 7 heteroatoms. The highest BCUT2D eigenvalue weighted by Crippen LogP contribution is 2.30. The predicted molar refractivity (Wildman–Crippen MR) is 127 cm³/mol. The molecule has 33 heavy (non-hydrogen) atoms. The molecule has 0 spiro atoms. The molecule has 0 atom stereocenters. The van der Waals surface area contributed by atoms with Crippen molar-refractivity contribution in [3.63, 3.8) is 0 Å². The van der Waals surface area contributed by atoms with Gasteiger partial charge in [-0.2, -0.15) is 0 Å². The van der Waals surface area contributed by atoms with Crippen molar-refractivity contribution in [1.82, 2.24) is 0 Å². The molecule has 3 rings (SSSR count). The second-order valence-corrected chi connectivity index (χ2v) is 7.21. The summed E-state index contributed by atoms with van der Waals surface area (Å²) < 4.78 is 27.0. The lowest BCUT2D eigenvalue weighted by Gasteiger charge is -2.25. The molecule has 7 nitrogen and oxygen atoms in total. The highest BCUT2D eigenvalue weighted by atomic mass is 16.5. The summed E-state index contributed by atoms with van der Waals surface area (Å²) >= 11 is 0. The van der Waals surface area contributed by atoms with Gasteiger partial charge in [-0.15, -0.1) is 0 Å². The van der Waals surface area contributed by atoms with Crippen molar-refractivity contribution < 1.29 is 28.5 Å². The van der Waals surface area contributed by atoms with Gasteiger partial charge < -0.3 is 28.6 Å². The molecular formula is C26H29NO6. The first kappa shape index (κ1) is 23.8. The zero-order valence-corrected chi connectivity index (χ0v) is 19.6. The van der Waals surface area contributed by atoms with Crippen molar-refractivity contribution in [2.45, 2.75) is 13.0 Å². The van der Waals surface area contributed by atoms with E-state index in [1.165, 1.54) is 0 Å². The zero-order valence-electron chi connectivity index (χ0n) is 19.6. The Bertz CT molecular complexity index is 1080. The number of rotatable bonds is 10. The van der Waals surface area contributed by atoms with Gasteiger partial charge in [0, 0.05) is 16.8 Å². The fraction of sp³-hybridized carbons (Fsp3) is 0.269. The Morgan fingerprint density at radius 1 is 0.636 bits per heavy atom. The van der Waals surface area contributed by atoms with Crippen LogP contribution in [0, 0.1) is 0 Å². The van der Waals surface area contributed by atoms with Crippen LogP contribution < -0.4 is 28.6 Å². The van der Waals surface area contributed by atoms with Gasteiger partial charge in [-0.3, -0.25) is 4.79 Å². The number of amides is 1. The first-order valence-corrected chi connectivity index (χ1v) is 10.4. The van der Waals surface area contributed by atoms with Crippen molar-refractivity contribution in [3.8, 4) is 28.7 Å². The van der Waals surface area contributed by atoms with Gasteiger partial charge in [-0.25, -0.2) is 0 Å². The van der Waals surface area contributed by atoms with E-state index in [-0.39, 0.29) is 18.9 Å². The standard InChI is InChI=1S/C26H29NO6/c1-29-21-8-6-20(7-9-21)27(17-19-15-23(31-3)11-13-25(19)33-5)26(28)16-18-14-22(30-2)10-12-24(18)32-4/h6-15H,16-17H2,1-5H3. The Hall–Kier alpha value is -3.87. The summed E-state index contributed by atoms with van der Waals surface area (Å²) in [6, 6.07) is 18.3. The summed E-state index contributed by atoms with van der Waals surface area (Å²) in [6.07, 6.45) is 0.124. The van der Waals surface area contributed by atoms with E-state index in [0.717, 1.165) is 16.8 Å². The summed E-state index contributed by atoms with van der Waals surface area (Å²) in [4.78, 5) is 15.3. The maximum Gasteiger partial charge on any atom is 0.231 e. The molecule has 1 amide bonds. The van der Waals surface area contributed by atoms with Crippen LogP contribution in [0.5, 0.6) is 28.7 Å². The lowest BCUT2D eigenvalue weighted by Crippen LogP contribution is -2.32. The van der Waals surface area contributed by atoms with Crippen LogP contribution in [-0.2, 0) is 17.8 Å². The number of hydrogen-bond donors (Lipinski definition) is 0. The molecule has 0 aliphatic rings. The highest BCUT2D eigenvalue weighted by Gasteiger charge is 2.21. The van der Waals surface area contributed by atoms with Gasteiger partial charge in [0.05, 0.1) is 48.5 Å². The second-order valence-electron chi connectivity index (χ2n) is 7.21. The van der Waals surface area contributed by atoms with E-state index in [4.69, 9.17) is 23.7 Å². The molecular weight excluding hydrogens is 422 g/mol. The van der Waals surface area contributed by atoms with Gasteiger partial charge in [0.15, 0.2) is 0 Å². The van der Waals surface area contributed by atoms with E-state index in [0.29, 0.717) is 28.7 Å². The maximum absolute atomic E-state index is 13.6. The number of benzene rings is 3. The van der Waals surface area contributed by atoms with E-state index in [1.807, 2.05) is 48.5 Å². The average molecular weight is 452 g/mol. The molecule has 0 aromatic heterocycles. The first-order valence-electron chi connectivity index (χ1n) is 10.4. The van der Waals surface area contributed by atoms with E-state index in [2.05, 4.69) is 0 Å². The molecule has 174 valence electrons. The number of hydrogen-bond acceptors (Lipinski definition) is 6. The number of nitrogens with zero attached hydrogens (tertiary/aromatic N) is 1. The smallest absolute Gasteiger partial charge is 0.231 e. The van der Waals surface area contributed by atoms with Gasteiger partial charge in [-0.05, 0) is 60.7 Å². The van der Waals surface area contributed by atoms with Gasteiger partial charge in [0.2, 0.25) is 5.91 Å². The van der Waals surface area contributed by atoms with Crippen molar-refractivity contribution in [2.75, 3.05) is 40.4 Å². The van der Waals surface area contributed by atoms with Crippen molar-refractivity contribution in [3.05, 3.63) is 71.8 Å². The normalized spacial score (nSPS) is 10.3. The molecule has 0 aliphatic carbocycles. The first-order chi connectivity index (χ1) is 16.0. The molecule has 0 N–H and O–H groups in total. The number of ether oxygens (including phenoxy) is 5. The fourth-order valence-electron chi connectivity index (χ4n) is 3.54. The summed E-state index contributed by atoms with van der Waals surface area (Å²) in [5, 5.41) is 0. The maximum atomic E-state index is 13.6. The fourth-order valence-corrected chi connectivity index (χ4v) is 3.54. The third kappa shape index (κ3) is 5.68. The molecule has 0 unspecified atom stereocenters. The molecule has 0 heterocycles. The van der Waals surface area contributed by atoms with Crippen LogP contribution in [0.25, 0.3) is 0 Å². The summed E-state index contributed by atoms with van der Waals surface area (Å²) in [5.41, 5.74) is 2.28. The minimum atomic E-state index is -0.114. The van der Waals surface area contributed by atoms with Crippen LogP contribution >= 0.6 is 0 Å².